The smallest absolute Gasteiger partial charge is 0.231 e. The molecule has 2 aromatic rings. The molecule has 1 atom stereocenters. The summed E-state index contributed by atoms with van der Waals surface area (Å²) < 4.78 is 5.59. The van der Waals surface area contributed by atoms with Crippen molar-refractivity contribution in [2.24, 2.45) is 5.92 Å². The van der Waals surface area contributed by atoms with Gasteiger partial charge in [-0.2, -0.15) is 0 Å². The number of aryl methyl sites for hydroxylation is 1. The molecule has 0 radical (unpaired) electrons. The van der Waals surface area contributed by atoms with Crippen LogP contribution >= 0.6 is 11.3 Å². The van der Waals surface area contributed by atoms with Crippen LogP contribution < -0.4 is 15.0 Å². The van der Waals surface area contributed by atoms with E-state index in [2.05, 4.69) is 10.3 Å². The molecule has 24 heavy (non-hydrogen) atoms. The minimum Gasteiger partial charge on any atom is -0.492 e. The molecule has 3 rings (SSSR count). The van der Waals surface area contributed by atoms with Gasteiger partial charge in [0.2, 0.25) is 11.8 Å². The van der Waals surface area contributed by atoms with Gasteiger partial charge in [0.25, 0.3) is 0 Å². The number of ether oxygens (including phenoxy) is 1. The monoisotopic (exact) mass is 345 g/mol. The number of amides is 2. The minimum atomic E-state index is -0.392. The molecular formula is C17H19N3O3S. The van der Waals surface area contributed by atoms with Gasteiger partial charge in [0.1, 0.15) is 5.75 Å². The van der Waals surface area contributed by atoms with Crippen LogP contribution in [0, 0.1) is 12.8 Å². The summed E-state index contributed by atoms with van der Waals surface area (Å²) in [5.41, 5.74) is 0.713. The van der Waals surface area contributed by atoms with Gasteiger partial charge in [0.05, 0.1) is 18.2 Å². The SMILES string of the molecule is CCOc1ccccc1N1C[C@H](C(=O)Nc2ncc(C)s2)CC1=O. The average molecular weight is 345 g/mol. The first-order chi connectivity index (χ1) is 11.6. The van der Waals surface area contributed by atoms with Gasteiger partial charge in [-0.3, -0.25) is 9.59 Å². The summed E-state index contributed by atoms with van der Waals surface area (Å²) in [6.45, 7) is 4.69. The summed E-state index contributed by atoms with van der Waals surface area (Å²) in [6, 6.07) is 7.39. The fraction of sp³-hybridized carbons (Fsp3) is 0.353. The number of nitrogens with zero attached hydrogens (tertiary/aromatic N) is 2. The van der Waals surface area contributed by atoms with Crippen molar-refractivity contribution >= 4 is 34.0 Å². The average Bonchev–Trinajstić information content (AvgIpc) is 3.14. The van der Waals surface area contributed by atoms with Crippen LogP contribution in [0.3, 0.4) is 0 Å². The largest absolute Gasteiger partial charge is 0.492 e. The van der Waals surface area contributed by atoms with E-state index in [1.54, 1.807) is 11.1 Å². The first-order valence-electron chi connectivity index (χ1n) is 7.84. The third-order valence-corrected chi connectivity index (χ3v) is 4.63. The Hall–Kier alpha value is -2.41. The third-order valence-electron chi connectivity index (χ3n) is 3.80. The van der Waals surface area contributed by atoms with E-state index in [0.717, 1.165) is 4.88 Å². The van der Waals surface area contributed by atoms with Crippen molar-refractivity contribution in [2.45, 2.75) is 20.3 Å². The molecule has 2 amide bonds. The normalized spacial score (nSPS) is 17.2. The van der Waals surface area contributed by atoms with E-state index in [1.165, 1.54) is 11.3 Å². The second-order valence-corrected chi connectivity index (χ2v) is 6.81. The summed E-state index contributed by atoms with van der Waals surface area (Å²) >= 11 is 1.42. The maximum Gasteiger partial charge on any atom is 0.231 e. The Balaban J connectivity index is 1.73. The first-order valence-corrected chi connectivity index (χ1v) is 8.65. The van der Waals surface area contributed by atoms with Crippen molar-refractivity contribution in [3.05, 3.63) is 35.3 Å². The van der Waals surface area contributed by atoms with Crippen molar-refractivity contribution in [3.8, 4) is 5.75 Å². The standard InChI is InChI=1S/C17H19N3O3S/c1-3-23-14-7-5-4-6-13(14)20-10-12(8-15(20)21)16(22)19-17-18-9-11(2)24-17/h4-7,9,12H,3,8,10H2,1-2H3,(H,18,19,22)/t12-/m1/s1. The lowest BCUT2D eigenvalue weighted by atomic mass is 10.1. The molecule has 1 aliphatic rings. The minimum absolute atomic E-state index is 0.0716. The molecule has 1 aliphatic heterocycles. The van der Waals surface area contributed by atoms with Crippen LogP contribution in [0.1, 0.15) is 18.2 Å². The van der Waals surface area contributed by atoms with E-state index in [0.29, 0.717) is 29.7 Å². The van der Waals surface area contributed by atoms with Crippen LogP contribution in [0.4, 0.5) is 10.8 Å². The van der Waals surface area contributed by atoms with E-state index in [-0.39, 0.29) is 18.2 Å². The number of benzene rings is 1. The van der Waals surface area contributed by atoms with Gasteiger partial charge in [-0.05, 0) is 26.0 Å². The van der Waals surface area contributed by atoms with Crippen LogP contribution in [0.15, 0.2) is 30.5 Å². The summed E-state index contributed by atoms with van der Waals surface area (Å²) in [7, 11) is 0. The molecule has 0 bridgehead atoms. The maximum absolute atomic E-state index is 12.4. The first kappa shape index (κ1) is 16.4. The number of aromatic nitrogens is 1. The Morgan fingerprint density at radius 3 is 2.96 bits per heavy atom. The van der Waals surface area contributed by atoms with Gasteiger partial charge >= 0.3 is 0 Å². The molecule has 0 saturated carbocycles. The molecule has 2 heterocycles. The molecule has 1 saturated heterocycles. The molecule has 0 spiro atoms. The Morgan fingerprint density at radius 1 is 1.46 bits per heavy atom. The lowest BCUT2D eigenvalue weighted by molar-refractivity contribution is -0.122. The molecule has 0 aliphatic carbocycles. The van der Waals surface area contributed by atoms with Gasteiger partial charge < -0.3 is 15.0 Å². The van der Waals surface area contributed by atoms with Crippen LogP contribution in [0.5, 0.6) is 5.75 Å². The fourth-order valence-electron chi connectivity index (χ4n) is 2.69. The highest BCUT2D eigenvalue weighted by Gasteiger charge is 2.36. The van der Waals surface area contributed by atoms with Crippen LogP contribution in [-0.4, -0.2) is 29.9 Å². The predicted molar refractivity (Wildman–Crippen MR) is 93.6 cm³/mol. The van der Waals surface area contributed by atoms with Crippen LogP contribution in [0.25, 0.3) is 0 Å². The quantitative estimate of drug-likeness (QED) is 0.904. The van der Waals surface area contributed by atoms with E-state index in [1.807, 2.05) is 38.1 Å². The van der Waals surface area contributed by atoms with Gasteiger partial charge in [-0.15, -0.1) is 11.3 Å². The second kappa shape index (κ2) is 7.00. The lowest BCUT2D eigenvalue weighted by Gasteiger charge is -2.20. The number of hydrogen-bond acceptors (Lipinski definition) is 5. The zero-order valence-electron chi connectivity index (χ0n) is 13.6. The number of rotatable bonds is 5. The molecule has 1 aromatic heterocycles. The Kier molecular flexibility index (Phi) is 4.80. The van der Waals surface area contributed by atoms with Crippen molar-refractivity contribution in [3.63, 3.8) is 0 Å². The van der Waals surface area contributed by atoms with Crippen molar-refractivity contribution < 1.29 is 14.3 Å². The summed E-state index contributed by atoms with van der Waals surface area (Å²) in [5, 5.41) is 3.36. The Bertz CT molecular complexity index is 759. The Labute approximate surface area is 144 Å². The molecular weight excluding hydrogens is 326 g/mol. The van der Waals surface area contributed by atoms with E-state index in [4.69, 9.17) is 4.74 Å². The summed E-state index contributed by atoms with van der Waals surface area (Å²) in [5.74, 6) is 0.0214. The van der Waals surface area contributed by atoms with Gasteiger partial charge in [-0.25, -0.2) is 4.98 Å². The van der Waals surface area contributed by atoms with Gasteiger partial charge in [0, 0.05) is 24.0 Å². The van der Waals surface area contributed by atoms with Crippen molar-refractivity contribution in [2.75, 3.05) is 23.4 Å². The Morgan fingerprint density at radius 2 is 2.25 bits per heavy atom. The predicted octanol–water partition coefficient (Wildman–Crippen LogP) is 2.84. The molecule has 1 N–H and O–H groups in total. The number of anilines is 2. The number of hydrogen-bond donors (Lipinski definition) is 1. The maximum atomic E-state index is 12.4. The zero-order valence-corrected chi connectivity index (χ0v) is 14.4. The molecule has 1 aromatic carbocycles. The number of carbonyl (C=O) groups is 2. The summed E-state index contributed by atoms with van der Waals surface area (Å²) in [6.07, 6.45) is 1.90. The molecule has 7 heteroatoms. The number of carbonyl (C=O) groups excluding carboxylic acids is 2. The fourth-order valence-corrected chi connectivity index (χ4v) is 3.36. The van der Waals surface area contributed by atoms with Gasteiger partial charge in [-0.1, -0.05) is 12.1 Å². The molecule has 6 nitrogen and oxygen atoms in total. The highest BCUT2D eigenvalue weighted by Crippen LogP contribution is 2.33. The third kappa shape index (κ3) is 3.41. The second-order valence-electron chi connectivity index (χ2n) is 5.57. The number of para-hydroxylation sites is 2. The van der Waals surface area contributed by atoms with E-state index < -0.39 is 5.92 Å². The highest BCUT2D eigenvalue weighted by atomic mass is 32.1. The van der Waals surface area contributed by atoms with E-state index >= 15 is 0 Å². The zero-order chi connectivity index (χ0) is 17.1. The van der Waals surface area contributed by atoms with Gasteiger partial charge in [0.15, 0.2) is 5.13 Å². The molecule has 0 unspecified atom stereocenters. The van der Waals surface area contributed by atoms with Crippen molar-refractivity contribution in [1.29, 1.82) is 0 Å². The highest BCUT2D eigenvalue weighted by molar-refractivity contribution is 7.15. The van der Waals surface area contributed by atoms with Crippen molar-refractivity contribution in [1.82, 2.24) is 4.98 Å². The molecule has 126 valence electrons. The number of nitrogens with one attached hydrogen (secondary N) is 1. The van der Waals surface area contributed by atoms with Crippen LogP contribution in [-0.2, 0) is 9.59 Å². The van der Waals surface area contributed by atoms with E-state index in [9.17, 15) is 9.59 Å². The summed E-state index contributed by atoms with van der Waals surface area (Å²) in [4.78, 5) is 31.6. The topological polar surface area (TPSA) is 71.5 Å². The lowest BCUT2D eigenvalue weighted by Crippen LogP contribution is -2.28. The van der Waals surface area contributed by atoms with Crippen LogP contribution in [0.2, 0.25) is 0 Å². The molecule has 1 fully saturated rings. The number of thiazole rings is 1.